The maximum Gasteiger partial charge on any atom is 0.338 e. The van der Waals surface area contributed by atoms with Crippen molar-refractivity contribution in [2.45, 2.75) is 31.7 Å². The third kappa shape index (κ3) is 6.04. The van der Waals surface area contributed by atoms with Crippen molar-refractivity contribution in [3.05, 3.63) is 65.2 Å². The first-order valence-electron chi connectivity index (χ1n) is 8.92. The summed E-state index contributed by atoms with van der Waals surface area (Å²) in [5.41, 5.74) is 7.28. The van der Waals surface area contributed by atoms with Crippen LogP contribution in [0, 0.1) is 6.92 Å². The molecule has 0 amide bonds. The Kier molecular flexibility index (Phi) is 9.61. The Morgan fingerprint density at radius 1 is 1.14 bits per heavy atom. The average molecular weight is 427 g/mol. The Morgan fingerprint density at radius 2 is 1.82 bits per heavy atom. The quantitative estimate of drug-likeness (QED) is 0.622. The van der Waals surface area contributed by atoms with Crippen molar-refractivity contribution in [2.24, 2.45) is 5.73 Å². The van der Waals surface area contributed by atoms with Crippen molar-refractivity contribution in [2.75, 3.05) is 19.7 Å². The van der Waals surface area contributed by atoms with Gasteiger partial charge in [0.05, 0.1) is 17.1 Å². The number of benzene rings is 2. The van der Waals surface area contributed by atoms with Crippen LogP contribution in [-0.2, 0) is 21.3 Å². The van der Waals surface area contributed by atoms with E-state index in [0.29, 0.717) is 25.1 Å². The Balaban J connectivity index is 0.00000392. The van der Waals surface area contributed by atoms with Gasteiger partial charge in [-0.05, 0) is 50.1 Å². The highest BCUT2D eigenvalue weighted by molar-refractivity contribution is 7.89. The first-order chi connectivity index (χ1) is 12.9. The second kappa shape index (κ2) is 11.2. The molecule has 2 N–H and O–H groups in total. The van der Waals surface area contributed by atoms with Crippen molar-refractivity contribution in [1.82, 2.24) is 4.31 Å². The van der Waals surface area contributed by atoms with Crippen molar-refractivity contribution >= 4 is 28.4 Å². The number of carbonyl (C=O) groups is 1. The van der Waals surface area contributed by atoms with Gasteiger partial charge in [0.15, 0.2) is 0 Å². The first-order valence-corrected chi connectivity index (χ1v) is 10.4. The maximum absolute atomic E-state index is 13.3. The molecule has 0 aliphatic heterocycles. The number of esters is 1. The Labute approximate surface area is 173 Å². The molecule has 2 rings (SSSR count). The van der Waals surface area contributed by atoms with E-state index in [1.54, 1.807) is 26.0 Å². The van der Waals surface area contributed by atoms with E-state index in [1.807, 2.05) is 30.3 Å². The number of carbonyl (C=O) groups excluding carboxylic acids is 1. The van der Waals surface area contributed by atoms with Gasteiger partial charge in [0.25, 0.3) is 0 Å². The lowest BCUT2D eigenvalue weighted by molar-refractivity contribution is 0.0526. The van der Waals surface area contributed by atoms with Crippen LogP contribution in [0.25, 0.3) is 0 Å². The van der Waals surface area contributed by atoms with Crippen LogP contribution < -0.4 is 5.73 Å². The van der Waals surface area contributed by atoms with Crippen LogP contribution in [0.4, 0.5) is 0 Å². The van der Waals surface area contributed by atoms with Crippen LogP contribution in [0.3, 0.4) is 0 Å². The number of hydrogen-bond donors (Lipinski definition) is 1. The first kappa shape index (κ1) is 24.1. The minimum absolute atomic E-state index is 0. The molecular formula is C20H27ClN2O4S. The van der Waals surface area contributed by atoms with Gasteiger partial charge in [-0.15, -0.1) is 12.4 Å². The van der Waals surface area contributed by atoms with Crippen LogP contribution in [0.5, 0.6) is 0 Å². The zero-order valence-corrected chi connectivity index (χ0v) is 17.8. The Bertz CT molecular complexity index is 873. The van der Waals surface area contributed by atoms with Gasteiger partial charge in [0.1, 0.15) is 0 Å². The molecule has 0 saturated heterocycles. The maximum atomic E-state index is 13.3. The lowest BCUT2D eigenvalue weighted by atomic mass is 10.1. The number of nitrogens with two attached hydrogens (primary N) is 1. The molecule has 0 spiro atoms. The van der Waals surface area contributed by atoms with E-state index in [9.17, 15) is 13.2 Å². The summed E-state index contributed by atoms with van der Waals surface area (Å²) in [7, 11) is -3.80. The summed E-state index contributed by atoms with van der Waals surface area (Å²) >= 11 is 0. The second-order valence-corrected chi connectivity index (χ2v) is 8.07. The molecule has 0 unspecified atom stereocenters. The van der Waals surface area contributed by atoms with Crippen LogP contribution in [0.15, 0.2) is 53.4 Å². The molecule has 0 aromatic heterocycles. The molecule has 0 aliphatic carbocycles. The summed E-state index contributed by atoms with van der Waals surface area (Å²) in [6.07, 6.45) is 0.544. The van der Waals surface area contributed by atoms with Gasteiger partial charge in [0.2, 0.25) is 10.0 Å². The van der Waals surface area contributed by atoms with E-state index < -0.39 is 16.0 Å². The van der Waals surface area contributed by atoms with Crippen LogP contribution in [0.2, 0.25) is 0 Å². The lowest BCUT2D eigenvalue weighted by Crippen LogP contribution is -2.33. The predicted molar refractivity (Wildman–Crippen MR) is 112 cm³/mol. The fourth-order valence-electron chi connectivity index (χ4n) is 2.70. The van der Waals surface area contributed by atoms with Gasteiger partial charge in [0, 0.05) is 13.1 Å². The number of ether oxygens (including phenoxy) is 1. The van der Waals surface area contributed by atoms with Crippen molar-refractivity contribution in [3.8, 4) is 0 Å². The van der Waals surface area contributed by atoms with Crippen LogP contribution in [-0.4, -0.2) is 38.4 Å². The number of aryl methyl sites for hydroxylation is 1. The van der Waals surface area contributed by atoms with E-state index in [1.165, 1.54) is 10.4 Å². The van der Waals surface area contributed by atoms with Gasteiger partial charge in [-0.25, -0.2) is 13.2 Å². The molecule has 28 heavy (non-hydrogen) atoms. The predicted octanol–water partition coefficient (Wildman–Crippen LogP) is 3.13. The van der Waals surface area contributed by atoms with E-state index in [4.69, 9.17) is 10.5 Å². The van der Waals surface area contributed by atoms with Gasteiger partial charge in [-0.2, -0.15) is 4.31 Å². The molecule has 0 atom stereocenters. The molecular weight excluding hydrogens is 400 g/mol. The highest BCUT2D eigenvalue weighted by atomic mass is 35.5. The largest absolute Gasteiger partial charge is 0.462 e. The van der Waals surface area contributed by atoms with Gasteiger partial charge in [-0.1, -0.05) is 36.4 Å². The summed E-state index contributed by atoms with van der Waals surface area (Å²) in [5.74, 6) is -0.537. The zero-order valence-electron chi connectivity index (χ0n) is 16.1. The molecule has 0 radical (unpaired) electrons. The minimum Gasteiger partial charge on any atom is -0.462 e. The molecule has 0 saturated carbocycles. The third-order valence-corrected chi connectivity index (χ3v) is 6.12. The fourth-order valence-corrected chi connectivity index (χ4v) is 4.41. The molecule has 154 valence electrons. The van der Waals surface area contributed by atoms with E-state index in [0.717, 1.165) is 5.56 Å². The topological polar surface area (TPSA) is 89.7 Å². The number of rotatable bonds is 9. The van der Waals surface area contributed by atoms with E-state index in [2.05, 4.69) is 0 Å². The highest BCUT2D eigenvalue weighted by Crippen LogP contribution is 2.24. The minimum atomic E-state index is -3.80. The molecule has 0 aliphatic rings. The molecule has 2 aromatic carbocycles. The summed E-state index contributed by atoms with van der Waals surface area (Å²) in [6, 6.07) is 14.0. The van der Waals surface area contributed by atoms with Crippen molar-refractivity contribution in [3.63, 3.8) is 0 Å². The molecule has 0 heterocycles. The molecule has 2 aromatic rings. The highest BCUT2D eigenvalue weighted by Gasteiger charge is 2.27. The van der Waals surface area contributed by atoms with Gasteiger partial charge < -0.3 is 10.5 Å². The summed E-state index contributed by atoms with van der Waals surface area (Å²) in [6.45, 7) is 4.58. The van der Waals surface area contributed by atoms with Crippen molar-refractivity contribution < 1.29 is 17.9 Å². The molecule has 8 heteroatoms. The fraction of sp³-hybridized carbons (Fsp3) is 0.350. The second-order valence-electron chi connectivity index (χ2n) is 6.17. The molecule has 0 bridgehead atoms. The molecule has 6 nitrogen and oxygen atoms in total. The monoisotopic (exact) mass is 426 g/mol. The lowest BCUT2D eigenvalue weighted by Gasteiger charge is -2.23. The van der Waals surface area contributed by atoms with Crippen LogP contribution in [0.1, 0.15) is 34.8 Å². The number of hydrogen-bond acceptors (Lipinski definition) is 5. The van der Waals surface area contributed by atoms with Crippen molar-refractivity contribution in [1.29, 1.82) is 0 Å². The summed E-state index contributed by atoms with van der Waals surface area (Å²) < 4.78 is 33.1. The normalized spacial score (nSPS) is 11.1. The molecule has 0 fully saturated rings. The standard InChI is InChI=1S/C20H26N2O4S.ClH/c1-3-26-20(23)18-11-10-16(2)19(14-18)27(24,25)22(13-7-12-21)15-17-8-5-4-6-9-17;/h4-6,8-11,14H,3,7,12-13,15,21H2,1-2H3;1H. The number of halogens is 1. The number of sulfonamides is 1. The van der Waals surface area contributed by atoms with Crippen LogP contribution >= 0.6 is 12.4 Å². The third-order valence-electron chi connectivity index (χ3n) is 4.13. The van der Waals surface area contributed by atoms with Gasteiger partial charge >= 0.3 is 5.97 Å². The Hall–Kier alpha value is -1.93. The zero-order chi connectivity index (χ0) is 19.9. The summed E-state index contributed by atoms with van der Waals surface area (Å²) in [4.78, 5) is 12.1. The van der Waals surface area contributed by atoms with E-state index in [-0.39, 0.29) is 36.0 Å². The van der Waals surface area contributed by atoms with Gasteiger partial charge in [-0.3, -0.25) is 0 Å². The average Bonchev–Trinajstić information content (AvgIpc) is 2.66. The SMILES string of the molecule is CCOC(=O)c1ccc(C)c(S(=O)(=O)N(CCCN)Cc2ccccc2)c1.Cl. The van der Waals surface area contributed by atoms with E-state index >= 15 is 0 Å². The summed E-state index contributed by atoms with van der Waals surface area (Å²) in [5, 5.41) is 0. The number of nitrogens with zero attached hydrogens (tertiary/aromatic N) is 1. The Morgan fingerprint density at radius 3 is 2.43 bits per heavy atom. The smallest absolute Gasteiger partial charge is 0.338 e.